The van der Waals surface area contributed by atoms with Crippen molar-refractivity contribution in [3.8, 4) is 0 Å². The smallest absolute Gasteiger partial charge is 0.189 e. The molecule has 8 heteroatoms. The molecule has 0 fully saturated rings. The van der Waals surface area contributed by atoms with E-state index >= 15 is 0 Å². The van der Waals surface area contributed by atoms with Gasteiger partial charge in [-0.1, -0.05) is 34.7 Å². The Kier molecular flexibility index (Phi) is 3.79. The van der Waals surface area contributed by atoms with Crippen molar-refractivity contribution in [2.75, 3.05) is 6.26 Å². The molecule has 15 heavy (non-hydrogen) atoms. The number of halogens is 1. The summed E-state index contributed by atoms with van der Waals surface area (Å²) in [6.45, 7) is 0. The molecule has 0 atom stereocenters. The first-order valence-electron chi connectivity index (χ1n) is 3.80. The third-order valence-corrected chi connectivity index (χ3v) is 3.80. The van der Waals surface area contributed by atoms with Crippen LogP contribution in [-0.2, 0) is 0 Å². The second-order valence-corrected chi connectivity index (χ2v) is 5.58. The van der Waals surface area contributed by atoms with Gasteiger partial charge in [-0.3, -0.25) is 0 Å². The van der Waals surface area contributed by atoms with Crippen molar-refractivity contribution in [1.82, 2.24) is 20.2 Å². The van der Waals surface area contributed by atoms with E-state index in [0.717, 1.165) is 9.37 Å². The maximum atomic E-state index is 5.86. The predicted molar refractivity (Wildman–Crippen MR) is 62.9 cm³/mol. The molecule has 2 heterocycles. The van der Waals surface area contributed by atoms with Crippen molar-refractivity contribution in [1.29, 1.82) is 0 Å². The predicted octanol–water partition coefficient (Wildman–Crippen LogP) is 2.85. The number of thioether (sulfide) groups is 1. The fraction of sp³-hybridized carbons (Fsp3) is 0.143. The summed E-state index contributed by atoms with van der Waals surface area (Å²) in [6, 6.07) is 1.72. The third kappa shape index (κ3) is 3.04. The quantitative estimate of drug-likeness (QED) is 0.488. The first-order chi connectivity index (χ1) is 7.28. The lowest BCUT2D eigenvalue weighted by atomic mass is 10.7. The highest BCUT2D eigenvalue weighted by Gasteiger charge is 2.06. The van der Waals surface area contributed by atoms with Gasteiger partial charge < -0.3 is 0 Å². The van der Waals surface area contributed by atoms with Crippen LogP contribution in [0.15, 0.2) is 26.1 Å². The van der Waals surface area contributed by atoms with Crippen molar-refractivity contribution in [3.05, 3.63) is 16.7 Å². The molecule has 0 amide bonds. The fourth-order valence-electron chi connectivity index (χ4n) is 0.818. The number of nitrogens with zero attached hydrogens (tertiary/aromatic N) is 4. The molecule has 0 radical (unpaired) electrons. The topological polar surface area (TPSA) is 51.6 Å². The normalized spacial score (nSPS) is 10.5. The average Bonchev–Trinajstić information content (AvgIpc) is 2.69. The van der Waals surface area contributed by atoms with Gasteiger partial charge in [-0.25, -0.2) is 9.97 Å². The van der Waals surface area contributed by atoms with Gasteiger partial charge in [0.2, 0.25) is 0 Å². The SMILES string of the molecule is CSc1nc(Cl)cc(Sc2nncs2)n1. The summed E-state index contributed by atoms with van der Waals surface area (Å²) in [6.07, 6.45) is 1.91. The molecular formula is C7H5ClN4S3. The molecule has 0 saturated carbocycles. The van der Waals surface area contributed by atoms with Gasteiger partial charge in [0, 0.05) is 6.07 Å². The van der Waals surface area contributed by atoms with Crippen molar-refractivity contribution in [2.24, 2.45) is 0 Å². The minimum Gasteiger partial charge on any atom is -0.216 e. The Balaban J connectivity index is 2.24. The molecule has 2 aromatic heterocycles. The van der Waals surface area contributed by atoms with Crippen molar-refractivity contribution >= 4 is 46.5 Å². The average molecular weight is 277 g/mol. The number of aromatic nitrogens is 4. The molecule has 0 aliphatic rings. The van der Waals surface area contributed by atoms with E-state index in [9.17, 15) is 0 Å². The molecule has 2 aromatic rings. The second-order valence-electron chi connectivity index (χ2n) is 2.32. The summed E-state index contributed by atoms with van der Waals surface area (Å²) >= 11 is 10.2. The van der Waals surface area contributed by atoms with Gasteiger partial charge in [0.1, 0.15) is 15.7 Å². The van der Waals surface area contributed by atoms with Gasteiger partial charge >= 0.3 is 0 Å². The van der Waals surface area contributed by atoms with Gasteiger partial charge in [0.15, 0.2) is 9.50 Å². The Morgan fingerprint density at radius 2 is 2.27 bits per heavy atom. The molecule has 78 valence electrons. The van der Waals surface area contributed by atoms with Crippen molar-refractivity contribution < 1.29 is 0 Å². The van der Waals surface area contributed by atoms with Crippen LogP contribution in [-0.4, -0.2) is 26.4 Å². The second kappa shape index (κ2) is 5.11. The Morgan fingerprint density at radius 3 is 2.93 bits per heavy atom. The van der Waals surface area contributed by atoms with E-state index in [2.05, 4.69) is 20.2 Å². The Labute approximate surface area is 104 Å². The molecule has 4 nitrogen and oxygen atoms in total. The summed E-state index contributed by atoms with van der Waals surface area (Å²) in [4.78, 5) is 8.35. The summed E-state index contributed by atoms with van der Waals surface area (Å²) in [7, 11) is 0. The highest BCUT2D eigenvalue weighted by atomic mass is 35.5. The first kappa shape index (κ1) is 11.1. The van der Waals surface area contributed by atoms with E-state index in [1.807, 2.05) is 6.26 Å². The highest BCUT2D eigenvalue weighted by molar-refractivity contribution is 8.01. The van der Waals surface area contributed by atoms with E-state index < -0.39 is 0 Å². The number of hydrogen-bond donors (Lipinski definition) is 0. The minimum atomic E-state index is 0.446. The maximum Gasteiger partial charge on any atom is 0.189 e. The van der Waals surface area contributed by atoms with E-state index in [0.29, 0.717) is 10.3 Å². The molecule has 0 aliphatic heterocycles. The molecule has 0 bridgehead atoms. The van der Waals surface area contributed by atoms with Crippen LogP contribution < -0.4 is 0 Å². The number of hydrogen-bond acceptors (Lipinski definition) is 7. The zero-order chi connectivity index (χ0) is 10.7. The van der Waals surface area contributed by atoms with Crippen molar-refractivity contribution in [2.45, 2.75) is 14.5 Å². The molecular weight excluding hydrogens is 272 g/mol. The van der Waals surface area contributed by atoms with Crippen LogP contribution in [0.1, 0.15) is 0 Å². The lowest BCUT2D eigenvalue weighted by Crippen LogP contribution is -1.88. The van der Waals surface area contributed by atoms with Gasteiger partial charge in [-0.15, -0.1) is 10.2 Å². The summed E-state index contributed by atoms with van der Waals surface area (Å²) in [5.41, 5.74) is 1.68. The summed E-state index contributed by atoms with van der Waals surface area (Å²) in [5.74, 6) is 0. The molecule has 0 saturated heterocycles. The standard InChI is InChI=1S/C7H5ClN4S3/c1-13-6-10-4(8)2-5(11-6)15-7-12-9-3-14-7/h2-3H,1H3. The Hall–Kier alpha value is -0.370. The maximum absolute atomic E-state index is 5.86. The molecule has 0 spiro atoms. The van der Waals surface area contributed by atoms with Gasteiger partial charge in [0.25, 0.3) is 0 Å². The molecule has 0 unspecified atom stereocenters. The van der Waals surface area contributed by atoms with Gasteiger partial charge in [0.05, 0.1) is 0 Å². The fourth-order valence-corrected chi connectivity index (χ4v) is 2.98. The molecule has 0 N–H and O–H groups in total. The highest BCUT2D eigenvalue weighted by Crippen LogP contribution is 2.29. The van der Waals surface area contributed by atoms with Crippen LogP contribution in [0.2, 0.25) is 5.15 Å². The van der Waals surface area contributed by atoms with E-state index in [-0.39, 0.29) is 0 Å². The van der Waals surface area contributed by atoms with Gasteiger partial charge in [-0.2, -0.15) is 0 Å². The van der Waals surface area contributed by atoms with Crippen LogP contribution in [0.3, 0.4) is 0 Å². The van der Waals surface area contributed by atoms with Crippen LogP contribution in [0, 0.1) is 0 Å². The summed E-state index contributed by atoms with van der Waals surface area (Å²) in [5, 5.41) is 9.56. The van der Waals surface area contributed by atoms with E-state index in [1.54, 1.807) is 11.6 Å². The van der Waals surface area contributed by atoms with Crippen LogP contribution in [0.25, 0.3) is 0 Å². The van der Waals surface area contributed by atoms with Crippen LogP contribution >= 0.6 is 46.5 Å². The first-order valence-corrected chi connectivity index (χ1v) is 7.10. The zero-order valence-corrected chi connectivity index (χ0v) is 10.8. The lowest BCUT2D eigenvalue weighted by molar-refractivity contribution is 0.892. The monoisotopic (exact) mass is 276 g/mol. The Morgan fingerprint density at radius 1 is 1.40 bits per heavy atom. The molecule has 0 aromatic carbocycles. The minimum absolute atomic E-state index is 0.446. The molecule has 0 aliphatic carbocycles. The molecule has 2 rings (SSSR count). The van der Waals surface area contributed by atoms with Gasteiger partial charge in [-0.05, 0) is 18.0 Å². The summed E-state index contributed by atoms with van der Waals surface area (Å²) < 4.78 is 0.844. The van der Waals surface area contributed by atoms with Crippen LogP contribution in [0.4, 0.5) is 0 Å². The lowest BCUT2D eigenvalue weighted by Gasteiger charge is -1.99. The Bertz CT molecular complexity index is 448. The number of rotatable bonds is 3. The third-order valence-electron chi connectivity index (χ3n) is 1.37. The zero-order valence-electron chi connectivity index (χ0n) is 7.55. The largest absolute Gasteiger partial charge is 0.216 e. The van der Waals surface area contributed by atoms with Crippen LogP contribution in [0.5, 0.6) is 0 Å². The van der Waals surface area contributed by atoms with E-state index in [1.165, 1.54) is 34.9 Å². The van der Waals surface area contributed by atoms with E-state index in [4.69, 9.17) is 11.6 Å². The van der Waals surface area contributed by atoms with Crippen molar-refractivity contribution in [3.63, 3.8) is 0 Å².